The van der Waals surface area contributed by atoms with Gasteiger partial charge in [-0.3, -0.25) is 9.69 Å². The van der Waals surface area contributed by atoms with Crippen molar-refractivity contribution in [2.75, 3.05) is 24.6 Å². The molecule has 2 aromatic rings. The molecule has 2 rings (SSSR count). The molecule has 0 bridgehead atoms. The molecule has 0 radical (unpaired) electrons. The molecule has 0 fully saturated rings. The Morgan fingerprint density at radius 1 is 0.880 bits per heavy atom. The van der Waals surface area contributed by atoms with Crippen LogP contribution in [0.1, 0.15) is 12.0 Å². The standard InChI is InChI=1S/C19H22N2O4/c22-14-13-20(15-16-7-3-1-4-8-16)19(25)21(12-11-18(23)24)17-9-5-2-6-10-17/h1-10,22H,11-15H2,(H,23,24). The number of hydrogen-bond donors (Lipinski definition) is 2. The number of carbonyl (C=O) groups excluding carboxylic acids is 1. The summed E-state index contributed by atoms with van der Waals surface area (Å²) in [6.07, 6.45) is -0.154. The van der Waals surface area contributed by atoms with Gasteiger partial charge in [-0.1, -0.05) is 48.5 Å². The van der Waals surface area contributed by atoms with Crippen molar-refractivity contribution < 1.29 is 19.8 Å². The number of rotatable bonds is 8. The molecular formula is C19H22N2O4. The highest BCUT2D eigenvalue weighted by Crippen LogP contribution is 2.17. The number of aliphatic hydroxyl groups is 1. The number of carboxylic acid groups (broad SMARTS) is 1. The first-order valence-corrected chi connectivity index (χ1v) is 8.10. The molecule has 6 heteroatoms. The number of aliphatic carboxylic acids is 1. The molecule has 25 heavy (non-hydrogen) atoms. The maximum absolute atomic E-state index is 13.0. The summed E-state index contributed by atoms with van der Waals surface area (Å²) in [5, 5.41) is 18.3. The van der Waals surface area contributed by atoms with Crippen LogP contribution in [0.4, 0.5) is 10.5 Å². The zero-order chi connectivity index (χ0) is 18.1. The third-order valence-electron chi connectivity index (χ3n) is 3.70. The number of para-hydroxylation sites is 1. The van der Waals surface area contributed by atoms with E-state index in [2.05, 4.69) is 0 Å². The normalized spacial score (nSPS) is 10.3. The van der Waals surface area contributed by atoms with Crippen molar-refractivity contribution in [2.24, 2.45) is 0 Å². The van der Waals surface area contributed by atoms with Crippen molar-refractivity contribution in [3.8, 4) is 0 Å². The lowest BCUT2D eigenvalue weighted by molar-refractivity contribution is -0.136. The zero-order valence-electron chi connectivity index (χ0n) is 13.9. The van der Waals surface area contributed by atoms with Gasteiger partial charge < -0.3 is 15.1 Å². The van der Waals surface area contributed by atoms with Crippen molar-refractivity contribution in [3.63, 3.8) is 0 Å². The Labute approximate surface area is 146 Å². The van der Waals surface area contributed by atoms with E-state index in [-0.39, 0.29) is 32.1 Å². The molecule has 0 unspecified atom stereocenters. The third kappa shape index (κ3) is 5.61. The number of urea groups is 1. The maximum Gasteiger partial charge on any atom is 0.324 e. The van der Waals surface area contributed by atoms with Crippen LogP contribution < -0.4 is 4.90 Å². The fourth-order valence-corrected chi connectivity index (χ4v) is 2.49. The lowest BCUT2D eigenvalue weighted by Gasteiger charge is -2.30. The van der Waals surface area contributed by atoms with Gasteiger partial charge in [0.15, 0.2) is 0 Å². The monoisotopic (exact) mass is 342 g/mol. The average Bonchev–Trinajstić information content (AvgIpc) is 2.63. The molecule has 2 amide bonds. The van der Waals surface area contributed by atoms with Crippen LogP contribution in [0.2, 0.25) is 0 Å². The fraction of sp³-hybridized carbons (Fsp3) is 0.263. The maximum atomic E-state index is 13.0. The van der Waals surface area contributed by atoms with Crippen molar-refractivity contribution in [1.29, 1.82) is 0 Å². The zero-order valence-corrected chi connectivity index (χ0v) is 13.9. The van der Waals surface area contributed by atoms with Gasteiger partial charge in [-0.15, -0.1) is 0 Å². The van der Waals surface area contributed by atoms with Crippen LogP contribution in [0.25, 0.3) is 0 Å². The van der Waals surface area contributed by atoms with E-state index in [0.717, 1.165) is 5.56 Å². The Balaban J connectivity index is 2.22. The molecule has 2 aromatic carbocycles. The molecule has 132 valence electrons. The van der Waals surface area contributed by atoms with E-state index in [1.54, 1.807) is 24.3 Å². The highest BCUT2D eigenvalue weighted by molar-refractivity contribution is 5.92. The molecule has 0 aliphatic carbocycles. The first-order chi connectivity index (χ1) is 12.1. The Bertz CT molecular complexity index is 676. The van der Waals surface area contributed by atoms with Crippen LogP contribution in [-0.2, 0) is 11.3 Å². The highest BCUT2D eigenvalue weighted by atomic mass is 16.4. The van der Waals surface area contributed by atoms with E-state index in [1.807, 2.05) is 36.4 Å². The highest BCUT2D eigenvalue weighted by Gasteiger charge is 2.23. The topological polar surface area (TPSA) is 81.1 Å². The van der Waals surface area contributed by atoms with Crippen molar-refractivity contribution in [1.82, 2.24) is 4.90 Å². The van der Waals surface area contributed by atoms with Gasteiger partial charge in [-0.05, 0) is 17.7 Å². The Hall–Kier alpha value is -2.86. The summed E-state index contributed by atoms with van der Waals surface area (Å²) in [6, 6.07) is 18.1. The summed E-state index contributed by atoms with van der Waals surface area (Å²) in [5.74, 6) is -0.967. The van der Waals surface area contributed by atoms with Crippen LogP contribution in [0.5, 0.6) is 0 Å². The number of nitrogens with zero attached hydrogens (tertiary/aromatic N) is 2. The minimum Gasteiger partial charge on any atom is -0.481 e. The third-order valence-corrected chi connectivity index (χ3v) is 3.70. The first-order valence-electron chi connectivity index (χ1n) is 8.10. The second kappa shape index (κ2) is 9.44. The van der Waals surface area contributed by atoms with E-state index in [4.69, 9.17) is 5.11 Å². The summed E-state index contributed by atoms with van der Waals surface area (Å²) in [5.41, 5.74) is 1.57. The predicted molar refractivity (Wildman–Crippen MR) is 95.4 cm³/mol. The van der Waals surface area contributed by atoms with E-state index >= 15 is 0 Å². The van der Waals surface area contributed by atoms with Gasteiger partial charge in [0.2, 0.25) is 0 Å². The average molecular weight is 342 g/mol. The van der Waals surface area contributed by atoms with Crippen molar-refractivity contribution >= 4 is 17.7 Å². The van der Waals surface area contributed by atoms with E-state index in [9.17, 15) is 14.7 Å². The molecule has 2 N–H and O–H groups in total. The van der Waals surface area contributed by atoms with Crippen LogP contribution in [0.15, 0.2) is 60.7 Å². The summed E-state index contributed by atoms with van der Waals surface area (Å²) in [7, 11) is 0. The van der Waals surface area contributed by atoms with Crippen LogP contribution in [-0.4, -0.2) is 46.8 Å². The van der Waals surface area contributed by atoms with E-state index in [0.29, 0.717) is 12.2 Å². The quantitative estimate of drug-likeness (QED) is 0.773. The molecule has 6 nitrogen and oxygen atoms in total. The molecular weight excluding hydrogens is 320 g/mol. The number of anilines is 1. The summed E-state index contributed by atoms with van der Waals surface area (Å²) in [6.45, 7) is 0.413. The number of carboxylic acids is 1. The van der Waals surface area contributed by atoms with Crippen molar-refractivity contribution in [2.45, 2.75) is 13.0 Å². The smallest absolute Gasteiger partial charge is 0.324 e. The second-order valence-electron chi connectivity index (χ2n) is 5.54. The van der Waals surface area contributed by atoms with Gasteiger partial charge in [0, 0.05) is 25.3 Å². The minimum atomic E-state index is -0.967. The van der Waals surface area contributed by atoms with Gasteiger partial charge in [0.25, 0.3) is 0 Å². The largest absolute Gasteiger partial charge is 0.481 e. The van der Waals surface area contributed by atoms with Gasteiger partial charge in [0.05, 0.1) is 13.0 Å². The number of hydrogen-bond acceptors (Lipinski definition) is 3. The Morgan fingerprint density at radius 2 is 1.48 bits per heavy atom. The molecule has 0 saturated heterocycles. The van der Waals surface area contributed by atoms with E-state index < -0.39 is 5.97 Å². The molecule has 0 atom stereocenters. The second-order valence-corrected chi connectivity index (χ2v) is 5.54. The Kier molecular flexibility index (Phi) is 6.98. The molecule has 0 heterocycles. The van der Waals surface area contributed by atoms with Crippen LogP contribution >= 0.6 is 0 Å². The molecule has 0 aromatic heterocycles. The Morgan fingerprint density at radius 3 is 2.04 bits per heavy atom. The molecule has 0 saturated carbocycles. The number of benzene rings is 2. The number of amides is 2. The molecule has 0 aliphatic rings. The van der Waals surface area contributed by atoms with Gasteiger partial charge in [-0.2, -0.15) is 0 Å². The van der Waals surface area contributed by atoms with Crippen LogP contribution in [0.3, 0.4) is 0 Å². The van der Waals surface area contributed by atoms with Gasteiger partial charge in [0.1, 0.15) is 0 Å². The van der Waals surface area contributed by atoms with E-state index in [1.165, 1.54) is 9.80 Å². The van der Waals surface area contributed by atoms with Crippen LogP contribution in [0, 0.1) is 0 Å². The summed E-state index contributed by atoms with van der Waals surface area (Å²) >= 11 is 0. The van der Waals surface area contributed by atoms with Crippen molar-refractivity contribution in [3.05, 3.63) is 66.2 Å². The fourth-order valence-electron chi connectivity index (χ4n) is 2.49. The van der Waals surface area contributed by atoms with Gasteiger partial charge >= 0.3 is 12.0 Å². The van der Waals surface area contributed by atoms with Gasteiger partial charge in [-0.25, -0.2) is 4.79 Å². The SMILES string of the molecule is O=C(O)CCN(C(=O)N(CCO)Cc1ccccc1)c1ccccc1. The molecule has 0 aliphatic heterocycles. The number of aliphatic hydroxyl groups excluding tert-OH is 1. The lowest BCUT2D eigenvalue weighted by atomic mass is 10.2. The summed E-state index contributed by atoms with van der Waals surface area (Å²) < 4.78 is 0. The molecule has 0 spiro atoms. The first kappa shape index (κ1) is 18.5. The number of carbonyl (C=O) groups is 2. The predicted octanol–water partition coefficient (Wildman–Crippen LogP) is 2.58. The summed E-state index contributed by atoms with van der Waals surface area (Å²) in [4.78, 5) is 26.9. The minimum absolute atomic E-state index is 0.0644. The lowest BCUT2D eigenvalue weighted by Crippen LogP contribution is -2.45.